The maximum atomic E-state index is 12.2. The minimum atomic E-state index is -3.75. The van der Waals surface area contributed by atoms with Crippen molar-refractivity contribution in [2.75, 3.05) is 5.32 Å². The Labute approximate surface area is 176 Å². The molecule has 0 atom stereocenters. The number of thiazole rings is 1. The number of nitrogens with zero attached hydrogens (tertiary/aromatic N) is 1. The van der Waals surface area contributed by atoms with Gasteiger partial charge in [-0.2, -0.15) is 0 Å². The molecule has 1 heterocycles. The van der Waals surface area contributed by atoms with Crippen molar-refractivity contribution in [1.82, 2.24) is 4.98 Å². The van der Waals surface area contributed by atoms with Gasteiger partial charge in [0.05, 0.1) is 17.0 Å². The number of primary sulfonamides is 1. The van der Waals surface area contributed by atoms with E-state index < -0.39 is 10.0 Å². The van der Waals surface area contributed by atoms with Gasteiger partial charge in [-0.15, -0.1) is 11.3 Å². The second-order valence-electron chi connectivity index (χ2n) is 5.81. The van der Waals surface area contributed by atoms with E-state index in [0.29, 0.717) is 16.4 Å². The van der Waals surface area contributed by atoms with Crippen LogP contribution < -0.4 is 10.5 Å². The standard InChI is InChI=1S/C18H16ClN3O3S3/c19-13-3-1-12(2-4-13)10-26-18-22-15(11-27-18)9-17(23)21-14-5-7-16(8-6-14)28(20,24)25/h1-8,11H,9-10H2,(H,21,23)(H2,20,24,25). The highest BCUT2D eigenvalue weighted by molar-refractivity contribution is 8.00. The Kier molecular flexibility index (Phi) is 6.73. The van der Waals surface area contributed by atoms with E-state index in [1.165, 1.54) is 35.6 Å². The summed E-state index contributed by atoms with van der Waals surface area (Å²) in [6.45, 7) is 0. The van der Waals surface area contributed by atoms with Crippen LogP contribution in [0.4, 0.5) is 5.69 Å². The molecular weight excluding hydrogens is 438 g/mol. The van der Waals surface area contributed by atoms with Gasteiger partial charge in [-0.1, -0.05) is 35.5 Å². The topological polar surface area (TPSA) is 102 Å². The zero-order valence-electron chi connectivity index (χ0n) is 14.5. The van der Waals surface area contributed by atoms with Crippen molar-refractivity contribution in [2.24, 2.45) is 5.14 Å². The van der Waals surface area contributed by atoms with Gasteiger partial charge in [-0.25, -0.2) is 18.5 Å². The molecule has 0 radical (unpaired) electrons. The van der Waals surface area contributed by atoms with Crippen LogP contribution in [0.15, 0.2) is 63.1 Å². The summed E-state index contributed by atoms with van der Waals surface area (Å²) in [4.78, 5) is 16.6. The van der Waals surface area contributed by atoms with E-state index in [9.17, 15) is 13.2 Å². The van der Waals surface area contributed by atoms with E-state index in [0.717, 1.165) is 15.7 Å². The summed E-state index contributed by atoms with van der Waals surface area (Å²) in [6.07, 6.45) is 0.134. The summed E-state index contributed by atoms with van der Waals surface area (Å²) in [6, 6.07) is 13.3. The molecule has 0 aliphatic carbocycles. The predicted molar refractivity (Wildman–Crippen MR) is 113 cm³/mol. The first-order valence-corrected chi connectivity index (χ1v) is 11.8. The highest BCUT2D eigenvalue weighted by Gasteiger charge is 2.11. The van der Waals surface area contributed by atoms with Crippen LogP contribution in [-0.2, 0) is 27.0 Å². The van der Waals surface area contributed by atoms with Gasteiger partial charge in [0.2, 0.25) is 15.9 Å². The van der Waals surface area contributed by atoms with Crippen LogP contribution in [0.1, 0.15) is 11.3 Å². The highest BCUT2D eigenvalue weighted by atomic mass is 35.5. The monoisotopic (exact) mass is 453 g/mol. The molecule has 0 aliphatic rings. The van der Waals surface area contributed by atoms with Gasteiger partial charge in [-0.3, -0.25) is 4.79 Å². The number of benzene rings is 2. The number of carbonyl (C=O) groups excluding carboxylic acids is 1. The molecule has 0 unspecified atom stereocenters. The van der Waals surface area contributed by atoms with E-state index in [1.54, 1.807) is 11.8 Å². The largest absolute Gasteiger partial charge is 0.326 e. The Morgan fingerprint density at radius 1 is 1.14 bits per heavy atom. The summed E-state index contributed by atoms with van der Waals surface area (Å²) < 4.78 is 23.4. The van der Waals surface area contributed by atoms with E-state index in [-0.39, 0.29) is 17.2 Å². The molecule has 3 aromatic rings. The number of nitrogens with two attached hydrogens (primary N) is 1. The Morgan fingerprint density at radius 2 is 1.82 bits per heavy atom. The van der Waals surface area contributed by atoms with Crippen molar-refractivity contribution in [3.63, 3.8) is 0 Å². The quantitative estimate of drug-likeness (QED) is 0.528. The minimum Gasteiger partial charge on any atom is -0.326 e. The summed E-state index contributed by atoms with van der Waals surface area (Å²) in [5, 5.41) is 10.3. The fraction of sp³-hybridized carbons (Fsp3) is 0.111. The summed E-state index contributed by atoms with van der Waals surface area (Å²) in [5.41, 5.74) is 2.32. The number of hydrogen-bond donors (Lipinski definition) is 2. The number of sulfonamides is 1. The first-order chi connectivity index (χ1) is 13.3. The number of amides is 1. The van der Waals surface area contributed by atoms with E-state index >= 15 is 0 Å². The Bertz CT molecular complexity index is 1070. The lowest BCUT2D eigenvalue weighted by Gasteiger charge is -2.05. The van der Waals surface area contributed by atoms with E-state index in [1.807, 2.05) is 29.6 Å². The van der Waals surface area contributed by atoms with Crippen LogP contribution >= 0.6 is 34.7 Å². The Morgan fingerprint density at radius 3 is 2.46 bits per heavy atom. The fourth-order valence-corrected chi connectivity index (χ4v) is 4.70. The lowest BCUT2D eigenvalue weighted by molar-refractivity contribution is -0.115. The molecule has 28 heavy (non-hydrogen) atoms. The second-order valence-corrected chi connectivity index (χ2v) is 9.89. The number of nitrogens with one attached hydrogen (secondary N) is 1. The normalized spacial score (nSPS) is 11.4. The summed E-state index contributed by atoms with van der Waals surface area (Å²) in [7, 11) is -3.75. The van der Waals surface area contributed by atoms with Gasteiger partial charge < -0.3 is 5.32 Å². The zero-order valence-corrected chi connectivity index (χ0v) is 17.7. The number of rotatable bonds is 7. The third-order valence-electron chi connectivity index (χ3n) is 3.61. The molecule has 0 saturated heterocycles. The predicted octanol–water partition coefficient (Wildman–Crippen LogP) is 3.92. The number of carbonyl (C=O) groups is 1. The van der Waals surface area contributed by atoms with Crippen LogP contribution in [0.5, 0.6) is 0 Å². The van der Waals surface area contributed by atoms with Crippen molar-refractivity contribution in [3.05, 3.63) is 70.2 Å². The van der Waals surface area contributed by atoms with Gasteiger partial charge >= 0.3 is 0 Å². The third-order valence-corrected chi connectivity index (χ3v) is 6.94. The third kappa shape index (κ3) is 6.05. The molecule has 0 bridgehead atoms. The molecule has 2 aromatic carbocycles. The molecule has 10 heteroatoms. The number of anilines is 1. The molecule has 0 spiro atoms. The number of halogens is 1. The molecule has 3 N–H and O–H groups in total. The van der Waals surface area contributed by atoms with Crippen molar-refractivity contribution >= 4 is 56.3 Å². The highest BCUT2D eigenvalue weighted by Crippen LogP contribution is 2.27. The smallest absolute Gasteiger partial charge is 0.238 e. The van der Waals surface area contributed by atoms with Crippen LogP contribution in [-0.4, -0.2) is 19.3 Å². The van der Waals surface area contributed by atoms with Crippen molar-refractivity contribution in [2.45, 2.75) is 21.4 Å². The molecule has 146 valence electrons. The van der Waals surface area contributed by atoms with Gasteiger partial charge in [0.25, 0.3) is 0 Å². The summed E-state index contributed by atoms with van der Waals surface area (Å²) >= 11 is 8.97. The average Bonchev–Trinajstić information content (AvgIpc) is 3.08. The van der Waals surface area contributed by atoms with Gasteiger partial charge in [0, 0.05) is 21.8 Å². The minimum absolute atomic E-state index is 0.00708. The molecule has 1 aromatic heterocycles. The SMILES string of the molecule is NS(=O)(=O)c1ccc(NC(=O)Cc2csc(SCc3ccc(Cl)cc3)n2)cc1. The number of thioether (sulfide) groups is 1. The number of hydrogen-bond acceptors (Lipinski definition) is 6. The first-order valence-electron chi connectivity index (χ1n) is 8.04. The van der Waals surface area contributed by atoms with E-state index in [2.05, 4.69) is 10.3 Å². The maximum Gasteiger partial charge on any atom is 0.238 e. The lowest BCUT2D eigenvalue weighted by atomic mass is 10.2. The van der Waals surface area contributed by atoms with Crippen LogP contribution in [0.3, 0.4) is 0 Å². The zero-order chi connectivity index (χ0) is 20.1. The van der Waals surface area contributed by atoms with Crippen LogP contribution in [0, 0.1) is 0 Å². The average molecular weight is 454 g/mol. The Balaban J connectivity index is 1.52. The lowest BCUT2D eigenvalue weighted by Crippen LogP contribution is -2.15. The molecule has 0 fully saturated rings. The molecule has 6 nitrogen and oxygen atoms in total. The molecule has 0 saturated carbocycles. The van der Waals surface area contributed by atoms with Gasteiger partial charge in [-0.05, 0) is 42.0 Å². The molecule has 0 aliphatic heterocycles. The molecule has 1 amide bonds. The van der Waals surface area contributed by atoms with E-state index in [4.69, 9.17) is 16.7 Å². The fourth-order valence-electron chi connectivity index (χ4n) is 2.26. The molecular formula is C18H16ClN3O3S3. The first kappa shape index (κ1) is 20.8. The van der Waals surface area contributed by atoms with Crippen LogP contribution in [0.25, 0.3) is 0 Å². The van der Waals surface area contributed by atoms with Crippen molar-refractivity contribution in [1.29, 1.82) is 0 Å². The van der Waals surface area contributed by atoms with Crippen molar-refractivity contribution < 1.29 is 13.2 Å². The number of aromatic nitrogens is 1. The van der Waals surface area contributed by atoms with Gasteiger partial charge in [0.15, 0.2) is 0 Å². The second kappa shape index (κ2) is 9.06. The molecule has 3 rings (SSSR count). The maximum absolute atomic E-state index is 12.2. The van der Waals surface area contributed by atoms with Gasteiger partial charge in [0.1, 0.15) is 4.34 Å². The Hall–Kier alpha value is -1.91. The summed E-state index contributed by atoms with van der Waals surface area (Å²) in [5.74, 6) is 0.537. The van der Waals surface area contributed by atoms with Crippen LogP contribution in [0.2, 0.25) is 5.02 Å². The van der Waals surface area contributed by atoms with Crippen molar-refractivity contribution in [3.8, 4) is 0 Å².